The third kappa shape index (κ3) is 1.51. The van der Waals surface area contributed by atoms with Gasteiger partial charge in [0.15, 0.2) is 0 Å². The predicted molar refractivity (Wildman–Crippen MR) is 52.8 cm³/mol. The van der Waals surface area contributed by atoms with Crippen molar-refractivity contribution in [3.63, 3.8) is 0 Å². The van der Waals surface area contributed by atoms with Gasteiger partial charge in [-0.25, -0.2) is 0 Å². The highest BCUT2D eigenvalue weighted by atomic mass is 16.1. The average molecular weight is 171 g/mol. The first-order chi connectivity index (χ1) is 6.40. The summed E-state index contributed by atoms with van der Waals surface area (Å²) >= 11 is 0. The second-order valence-electron chi connectivity index (χ2n) is 2.82. The highest BCUT2D eigenvalue weighted by Gasteiger charge is 1.99. The van der Waals surface area contributed by atoms with Crippen LogP contribution in [0.1, 0.15) is 0 Å². The normalized spacial score (nSPS) is 9.85. The van der Waals surface area contributed by atoms with Crippen LogP contribution in [0, 0.1) is 0 Å². The number of hydrogen-bond acceptors (Lipinski definition) is 1. The molecule has 2 aliphatic carbocycles. The molecule has 0 aliphatic heterocycles. The molecule has 0 saturated carbocycles. The minimum absolute atomic E-state index is 0.685. The molecule has 2 nitrogen and oxygen atoms in total. The Bertz CT molecular complexity index is 397. The van der Waals surface area contributed by atoms with E-state index in [0.717, 1.165) is 11.3 Å². The average Bonchev–Trinajstić information content (AvgIpc) is 2.46. The topological polar surface area (TPSA) is 29.1 Å². The predicted octanol–water partition coefficient (Wildman–Crippen LogP) is 2.36. The monoisotopic (exact) mass is 171 g/mol. The fourth-order valence-corrected chi connectivity index (χ4v) is 1.36. The van der Waals surface area contributed by atoms with Crippen molar-refractivity contribution < 1.29 is 4.79 Å². The van der Waals surface area contributed by atoms with Gasteiger partial charge in [-0.1, -0.05) is 30.3 Å². The van der Waals surface area contributed by atoms with Gasteiger partial charge in [0.2, 0.25) is 6.41 Å². The van der Waals surface area contributed by atoms with Crippen molar-refractivity contribution in [3.8, 4) is 11.1 Å². The van der Waals surface area contributed by atoms with E-state index in [4.69, 9.17) is 0 Å². The summed E-state index contributed by atoms with van der Waals surface area (Å²) < 4.78 is 0. The molecule has 1 N–H and O–H groups in total. The van der Waals surface area contributed by atoms with Crippen molar-refractivity contribution in [1.29, 1.82) is 0 Å². The van der Waals surface area contributed by atoms with Crippen LogP contribution in [0.25, 0.3) is 11.1 Å². The zero-order chi connectivity index (χ0) is 9.10. The van der Waals surface area contributed by atoms with Gasteiger partial charge in [-0.2, -0.15) is 0 Å². The Labute approximate surface area is 76.5 Å². The van der Waals surface area contributed by atoms with E-state index in [2.05, 4.69) is 5.32 Å². The van der Waals surface area contributed by atoms with Gasteiger partial charge in [-0.05, 0) is 23.3 Å². The third-order valence-electron chi connectivity index (χ3n) is 1.97. The zero-order valence-corrected chi connectivity index (χ0v) is 7.03. The smallest absolute Gasteiger partial charge is 0.211 e. The van der Waals surface area contributed by atoms with E-state index in [1.807, 2.05) is 42.5 Å². The SMILES string of the molecule is O=CNc1cccc2cccc-2c1. The van der Waals surface area contributed by atoms with E-state index < -0.39 is 0 Å². The summed E-state index contributed by atoms with van der Waals surface area (Å²) in [5.41, 5.74) is 3.13. The number of fused-ring (bicyclic) bond motifs is 1. The lowest BCUT2D eigenvalue weighted by molar-refractivity contribution is -0.105. The van der Waals surface area contributed by atoms with E-state index in [9.17, 15) is 4.79 Å². The van der Waals surface area contributed by atoms with Gasteiger partial charge in [-0.3, -0.25) is 4.79 Å². The van der Waals surface area contributed by atoms with Gasteiger partial charge < -0.3 is 5.32 Å². The quantitative estimate of drug-likeness (QED) is 0.690. The van der Waals surface area contributed by atoms with E-state index in [0.29, 0.717) is 6.41 Å². The van der Waals surface area contributed by atoms with Gasteiger partial charge in [0.05, 0.1) is 0 Å². The third-order valence-corrected chi connectivity index (χ3v) is 1.97. The molecule has 64 valence electrons. The molecule has 0 radical (unpaired) electrons. The highest BCUT2D eigenvalue weighted by Crippen LogP contribution is 2.23. The molecule has 1 amide bonds. The van der Waals surface area contributed by atoms with Crippen molar-refractivity contribution in [2.24, 2.45) is 0 Å². The standard InChI is InChI=1S/C11H9NO/c13-8-12-11-6-2-4-9-3-1-5-10(9)7-11/h1-8H,(H,12,13). The fraction of sp³-hybridized carbons (Fsp3) is 0. The van der Waals surface area contributed by atoms with Crippen LogP contribution in [0.3, 0.4) is 0 Å². The molecule has 0 bridgehead atoms. The second-order valence-corrected chi connectivity index (χ2v) is 2.82. The lowest BCUT2D eigenvalue weighted by Gasteiger charge is -1.93. The highest BCUT2D eigenvalue weighted by molar-refractivity contribution is 5.76. The summed E-state index contributed by atoms with van der Waals surface area (Å²) in [6.07, 6.45) is 0.685. The maximum atomic E-state index is 10.2. The first-order valence-corrected chi connectivity index (χ1v) is 4.09. The Hall–Kier alpha value is -1.83. The molecule has 0 heterocycles. The number of carbonyl (C=O) groups excluding carboxylic acids is 1. The summed E-state index contributed by atoms with van der Waals surface area (Å²) in [7, 11) is 0. The second kappa shape index (κ2) is 3.27. The van der Waals surface area contributed by atoms with Crippen molar-refractivity contribution in [1.82, 2.24) is 0 Å². The van der Waals surface area contributed by atoms with Gasteiger partial charge in [0.25, 0.3) is 0 Å². The van der Waals surface area contributed by atoms with Crippen LogP contribution in [0.2, 0.25) is 0 Å². The van der Waals surface area contributed by atoms with Crippen LogP contribution in [0.15, 0.2) is 42.5 Å². The number of carbonyl (C=O) groups is 1. The first-order valence-electron chi connectivity index (χ1n) is 4.09. The van der Waals surface area contributed by atoms with Crippen LogP contribution in [0.4, 0.5) is 5.69 Å². The molecule has 0 fully saturated rings. The van der Waals surface area contributed by atoms with Crippen LogP contribution in [0.5, 0.6) is 0 Å². The number of anilines is 1. The lowest BCUT2D eigenvalue weighted by atomic mass is 10.2. The Morgan fingerprint density at radius 1 is 1.00 bits per heavy atom. The Morgan fingerprint density at radius 3 is 2.46 bits per heavy atom. The number of nitrogens with one attached hydrogen (secondary N) is 1. The molecule has 2 heteroatoms. The van der Waals surface area contributed by atoms with Crippen molar-refractivity contribution in [3.05, 3.63) is 42.5 Å². The molecule has 0 aromatic carbocycles. The summed E-state index contributed by atoms with van der Waals surface area (Å²) in [6, 6.07) is 13.8. The minimum atomic E-state index is 0.685. The van der Waals surface area contributed by atoms with E-state index >= 15 is 0 Å². The summed E-state index contributed by atoms with van der Waals surface area (Å²) in [5.74, 6) is 0. The molecule has 0 saturated heterocycles. The van der Waals surface area contributed by atoms with Crippen LogP contribution < -0.4 is 5.32 Å². The van der Waals surface area contributed by atoms with Crippen molar-refractivity contribution >= 4 is 12.1 Å². The van der Waals surface area contributed by atoms with Gasteiger partial charge in [0, 0.05) is 5.69 Å². The first kappa shape index (κ1) is 7.80. The Balaban J connectivity index is 2.51. The molecule has 0 aromatic rings. The molecule has 13 heavy (non-hydrogen) atoms. The Kier molecular flexibility index (Phi) is 1.96. The van der Waals surface area contributed by atoms with Crippen molar-refractivity contribution in [2.45, 2.75) is 0 Å². The van der Waals surface area contributed by atoms with E-state index in [1.165, 1.54) is 5.56 Å². The lowest BCUT2D eigenvalue weighted by Crippen LogP contribution is -1.91. The van der Waals surface area contributed by atoms with Crippen LogP contribution in [-0.4, -0.2) is 6.41 Å². The Morgan fingerprint density at radius 2 is 1.69 bits per heavy atom. The minimum Gasteiger partial charge on any atom is -0.329 e. The largest absolute Gasteiger partial charge is 0.329 e. The molecule has 2 aliphatic rings. The number of amides is 1. The van der Waals surface area contributed by atoms with Gasteiger partial charge >= 0.3 is 0 Å². The molecule has 2 rings (SSSR count). The van der Waals surface area contributed by atoms with Gasteiger partial charge in [0.1, 0.15) is 0 Å². The van der Waals surface area contributed by atoms with Crippen LogP contribution >= 0.6 is 0 Å². The molecular weight excluding hydrogens is 162 g/mol. The maximum Gasteiger partial charge on any atom is 0.211 e. The fourth-order valence-electron chi connectivity index (χ4n) is 1.36. The molecule has 0 spiro atoms. The van der Waals surface area contributed by atoms with Crippen molar-refractivity contribution in [2.75, 3.05) is 5.32 Å². The van der Waals surface area contributed by atoms with Gasteiger partial charge in [-0.15, -0.1) is 0 Å². The zero-order valence-electron chi connectivity index (χ0n) is 7.03. The van der Waals surface area contributed by atoms with E-state index in [1.54, 1.807) is 0 Å². The number of hydrogen-bond donors (Lipinski definition) is 1. The summed E-state index contributed by atoms with van der Waals surface area (Å²) in [6.45, 7) is 0. The maximum absolute atomic E-state index is 10.2. The van der Waals surface area contributed by atoms with Crippen LogP contribution in [-0.2, 0) is 4.79 Å². The summed E-state index contributed by atoms with van der Waals surface area (Å²) in [4.78, 5) is 10.2. The molecule has 0 unspecified atom stereocenters. The molecule has 0 aromatic heterocycles. The summed E-state index contributed by atoms with van der Waals surface area (Å²) in [5, 5.41) is 2.63. The number of rotatable bonds is 2. The molecular formula is C11H9NO. The molecule has 0 atom stereocenters. The van der Waals surface area contributed by atoms with E-state index in [-0.39, 0.29) is 0 Å².